The summed E-state index contributed by atoms with van der Waals surface area (Å²) in [5.41, 5.74) is 6.68. The molecule has 0 aliphatic heterocycles. The summed E-state index contributed by atoms with van der Waals surface area (Å²) in [5.74, 6) is 1.38. The van der Waals surface area contributed by atoms with Crippen molar-refractivity contribution in [1.82, 2.24) is 0 Å². The molecular weight excluding hydrogens is 318 g/mol. The summed E-state index contributed by atoms with van der Waals surface area (Å²) < 4.78 is 6.15. The zero-order chi connectivity index (χ0) is 18.3. The van der Waals surface area contributed by atoms with Crippen LogP contribution in [0.3, 0.4) is 0 Å². The number of hydrogen-bond acceptors (Lipinski definition) is 2. The first kappa shape index (κ1) is 16.4. The van der Waals surface area contributed by atoms with Gasteiger partial charge in [0, 0.05) is 0 Å². The van der Waals surface area contributed by atoms with Gasteiger partial charge in [-0.2, -0.15) is 5.26 Å². The zero-order valence-electron chi connectivity index (χ0n) is 15.3. The summed E-state index contributed by atoms with van der Waals surface area (Å²) in [6.07, 6.45) is 0.967. The van der Waals surface area contributed by atoms with Crippen LogP contribution in [-0.2, 0) is 11.8 Å². The molecule has 2 heteroatoms. The summed E-state index contributed by atoms with van der Waals surface area (Å²) >= 11 is 0. The van der Waals surface area contributed by atoms with E-state index in [1.54, 1.807) is 0 Å². The van der Waals surface area contributed by atoms with Gasteiger partial charge in [-0.1, -0.05) is 63.2 Å². The van der Waals surface area contributed by atoms with Crippen molar-refractivity contribution in [3.63, 3.8) is 0 Å². The minimum absolute atomic E-state index is 0.110. The first-order chi connectivity index (χ1) is 12.5. The van der Waals surface area contributed by atoms with Crippen molar-refractivity contribution in [2.24, 2.45) is 0 Å². The van der Waals surface area contributed by atoms with E-state index in [0.717, 1.165) is 17.7 Å². The van der Waals surface area contributed by atoms with Crippen molar-refractivity contribution >= 4 is 0 Å². The third-order valence-corrected chi connectivity index (χ3v) is 4.94. The Balaban J connectivity index is 1.74. The largest absolute Gasteiger partial charge is 0.456 e. The molecule has 0 spiro atoms. The maximum atomic E-state index is 9.70. The Morgan fingerprint density at radius 1 is 0.885 bits per heavy atom. The molecule has 1 aliphatic rings. The van der Waals surface area contributed by atoms with Crippen LogP contribution in [0.5, 0.6) is 11.5 Å². The minimum atomic E-state index is -0.110. The van der Waals surface area contributed by atoms with E-state index in [1.165, 1.54) is 22.3 Å². The van der Waals surface area contributed by atoms with Crippen LogP contribution in [0.4, 0.5) is 0 Å². The molecule has 0 bridgehead atoms. The SMILES string of the molecule is CC(C)(C)c1cccc(Oc2ccc3c(c2)-c2ccccc2C3)c1C#N. The standard InChI is InChI=1S/C24H21NO/c1-24(2,3)22-9-6-10-23(21(22)15-25)26-18-12-11-17-13-16-7-4-5-8-19(16)20(17)14-18/h4-12,14H,13H2,1-3H3. The van der Waals surface area contributed by atoms with E-state index in [-0.39, 0.29) is 5.41 Å². The van der Waals surface area contributed by atoms with E-state index in [4.69, 9.17) is 4.74 Å². The van der Waals surface area contributed by atoms with Gasteiger partial charge < -0.3 is 4.74 Å². The highest BCUT2D eigenvalue weighted by atomic mass is 16.5. The van der Waals surface area contributed by atoms with E-state index < -0.39 is 0 Å². The highest BCUT2D eigenvalue weighted by Gasteiger charge is 2.22. The fraction of sp³-hybridized carbons (Fsp3) is 0.208. The van der Waals surface area contributed by atoms with Gasteiger partial charge in [-0.05, 0) is 57.9 Å². The molecule has 128 valence electrons. The third kappa shape index (κ3) is 2.76. The fourth-order valence-corrected chi connectivity index (χ4v) is 3.65. The van der Waals surface area contributed by atoms with Crippen molar-refractivity contribution in [2.45, 2.75) is 32.6 Å². The first-order valence-electron chi connectivity index (χ1n) is 8.90. The van der Waals surface area contributed by atoms with Gasteiger partial charge in [-0.3, -0.25) is 0 Å². The van der Waals surface area contributed by atoms with Gasteiger partial charge in [0.25, 0.3) is 0 Å². The molecule has 0 saturated carbocycles. The van der Waals surface area contributed by atoms with E-state index in [0.29, 0.717) is 11.3 Å². The summed E-state index contributed by atoms with van der Waals surface area (Å²) in [5, 5.41) is 9.70. The van der Waals surface area contributed by atoms with Crippen LogP contribution >= 0.6 is 0 Å². The maximum absolute atomic E-state index is 9.70. The first-order valence-corrected chi connectivity index (χ1v) is 8.90. The summed E-state index contributed by atoms with van der Waals surface area (Å²) in [7, 11) is 0. The Morgan fingerprint density at radius 2 is 1.65 bits per heavy atom. The normalized spacial score (nSPS) is 12.2. The molecule has 0 amide bonds. The molecule has 0 N–H and O–H groups in total. The monoisotopic (exact) mass is 339 g/mol. The van der Waals surface area contributed by atoms with E-state index in [2.05, 4.69) is 63.2 Å². The molecule has 0 unspecified atom stereocenters. The Hall–Kier alpha value is -3.05. The summed E-state index contributed by atoms with van der Waals surface area (Å²) in [4.78, 5) is 0. The third-order valence-electron chi connectivity index (χ3n) is 4.94. The molecule has 0 atom stereocenters. The van der Waals surface area contributed by atoms with Gasteiger partial charge in [0.15, 0.2) is 0 Å². The fourth-order valence-electron chi connectivity index (χ4n) is 3.65. The Kier molecular flexibility index (Phi) is 3.81. The maximum Gasteiger partial charge on any atom is 0.145 e. The van der Waals surface area contributed by atoms with Crippen LogP contribution in [0, 0.1) is 11.3 Å². The molecule has 0 fully saturated rings. The van der Waals surface area contributed by atoms with Crippen LogP contribution in [0.2, 0.25) is 0 Å². The lowest BCUT2D eigenvalue weighted by molar-refractivity contribution is 0.476. The van der Waals surface area contributed by atoms with Crippen molar-refractivity contribution in [3.05, 3.63) is 82.9 Å². The highest BCUT2D eigenvalue weighted by Crippen LogP contribution is 2.40. The number of ether oxygens (including phenoxy) is 1. The lowest BCUT2D eigenvalue weighted by Crippen LogP contribution is -2.13. The molecular formula is C24H21NO. The summed E-state index contributed by atoms with van der Waals surface area (Å²) in [6.45, 7) is 6.33. The molecule has 4 rings (SSSR count). The number of fused-ring (bicyclic) bond motifs is 3. The molecule has 0 heterocycles. The lowest BCUT2D eigenvalue weighted by atomic mass is 9.84. The van der Waals surface area contributed by atoms with E-state index in [9.17, 15) is 5.26 Å². The van der Waals surface area contributed by atoms with Crippen LogP contribution in [0.25, 0.3) is 11.1 Å². The Morgan fingerprint density at radius 3 is 2.42 bits per heavy atom. The molecule has 0 aromatic heterocycles. The number of benzene rings is 3. The van der Waals surface area contributed by atoms with Gasteiger partial charge in [0.05, 0.1) is 5.56 Å². The topological polar surface area (TPSA) is 33.0 Å². The number of nitriles is 1. The second kappa shape index (κ2) is 6.04. The van der Waals surface area contributed by atoms with Crippen LogP contribution in [0.15, 0.2) is 60.7 Å². The Labute approximate surface area is 154 Å². The van der Waals surface area contributed by atoms with E-state index >= 15 is 0 Å². The number of rotatable bonds is 2. The summed E-state index contributed by atoms with van der Waals surface area (Å²) in [6, 6.07) is 22.9. The van der Waals surface area contributed by atoms with Crippen molar-refractivity contribution in [2.75, 3.05) is 0 Å². The predicted molar refractivity (Wildman–Crippen MR) is 105 cm³/mol. The van der Waals surface area contributed by atoms with Crippen molar-refractivity contribution < 1.29 is 4.74 Å². The quantitative estimate of drug-likeness (QED) is 0.434. The van der Waals surface area contributed by atoms with Gasteiger partial charge >= 0.3 is 0 Å². The predicted octanol–water partition coefficient (Wildman–Crippen LogP) is 6.22. The minimum Gasteiger partial charge on any atom is -0.456 e. The van der Waals surface area contributed by atoms with Gasteiger partial charge in [0.1, 0.15) is 17.6 Å². The molecule has 0 radical (unpaired) electrons. The molecule has 3 aromatic carbocycles. The van der Waals surface area contributed by atoms with Gasteiger partial charge in [0.2, 0.25) is 0 Å². The zero-order valence-corrected chi connectivity index (χ0v) is 15.3. The second-order valence-corrected chi connectivity index (χ2v) is 7.80. The number of nitrogens with zero attached hydrogens (tertiary/aromatic N) is 1. The number of hydrogen-bond donors (Lipinski definition) is 0. The lowest BCUT2D eigenvalue weighted by Gasteiger charge is -2.22. The van der Waals surface area contributed by atoms with E-state index in [1.807, 2.05) is 24.3 Å². The molecule has 2 nitrogen and oxygen atoms in total. The van der Waals surface area contributed by atoms with Crippen LogP contribution in [-0.4, -0.2) is 0 Å². The van der Waals surface area contributed by atoms with Crippen molar-refractivity contribution in [1.29, 1.82) is 5.26 Å². The second-order valence-electron chi connectivity index (χ2n) is 7.80. The molecule has 3 aromatic rings. The average Bonchev–Trinajstić information content (AvgIpc) is 2.99. The van der Waals surface area contributed by atoms with Crippen LogP contribution in [0.1, 0.15) is 43.0 Å². The molecule has 1 aliphatic carbocycles. The Bertz CT molecular complexity index is 1030. The van der Waals surface area contributed by atoms with Gasteiger partial charge in [-0.15, -0.1) is 0 Å². The molecule has 26 heavy (non-hydrogen) atoms. The highest BCUT2D eigenvalue weighted by molar-refractivity contribution is 5.77. The van der Waals surface area contributed by atoms with Crippen LogP contribution < -0.4 is 4.74 Å². The average molecular weight is 339 g/mol. The molecule has 0 saturated heterocycles. The van der Waals surface area contributed by atoms with Crippen molar-refractivity contribution in [3.8, 4) is 28.7 Å². The van der Waals surface area contributed by atoms with Gasteiger partial charge in [-0.25, -0.2) is 0 Å². The smallest absolute Gasteiger partial charge is 0.145 e.